The number of benzene rings is 2. The summed E-state index contributed by atoms with van der Waals surface area (Å²) in [5.41, 5.74) is 0.478. The summed E-state index contributed by atoms with van der Waals surface area (Å²) in [6, 6.07) is 13.0. The number of nitro benzene ring substituents is 1. The lowest BCUT2D eigenvalue weighted by atomic mass is 10.1. The van der Waals surface area contributed by atoms with Crippen LogP contribution in [0.5, 0.6) is 0 Å². The van der Waals surface area contributed by atoms with Crippen molar-refractivity contribution in [1.29, 1.82) is 0 Å². The lowest BCUT2D eigenvalue weighted by molar-refractivity contribution is -0.384. The fourth-order valence-corrected chi connectivity index (χ4v) is 3.27. The molecule has 1 amide bonds. The van der Waals surface area contributed by atoms with Crippen molar-refractivity contribution in [3.63, 3.8) is 0 Å². The molecule has 0 radical (unpaired) electrons. The van der Waals surface area contributed by atoms with Gasteiger partial charge >= 0.3 is 0 Å². The topological polar surface area (TPSA) is 80.5 Å². The van der Waals surface area contributed by atoms with Crippen molar-refractivity contribution in [2.75, 3.05) is 4.90 Å². The Morgan fingerprint density at radius 3 is 2.48 bits per heavy atom. The zero-order chi connectivity index (χ0) is 16.4. The molecule has 0 saturated heterocycles. The zero-order valence-electron chi connectivity index (χ0n) is 11.7. The van der Waals surface area contributed by atoms with E-state index in [-0.39, 0.29) is 17.2 Å². The number of hydrogen-bond acceptors (Lipinski definition) is 5. The van der Waals surface area contributed by atoms with E-state index in [2.05, 4.69) is 0 Å². The fourth-order valence-electron chi connectivity index (χ4n) is 2.25. The third kappa shape index (κ3) is 2.74. The summed E-state index contributed by atoms with van der Waals surface area (Å²) in [4.78, 5) is 36.5. The average molecular weight is 326 g/mol. The standard InChI is InChI=1S/C16H10N2O4S/c19-10-17(12-6-2-3-7-13(12)18(21)22)9-15-16(20)11-5-1-4-8-14(11)23-15/h1-10H/b15-9-. The molecule has 1 aliphatic rings. The predicted molar refractivity (Wildman–Crippen MR) is 86.4 cm³/mol. The fraction of sp³-hybridized carbons (Fsp3) is 0. The Morgan fingerprint density at radius 1 is 1.09 bits per heavy atom. The van der Waals surface area contributed by atoms with Crippen LogP contribution >= 0.6 is 11.8 Å². The molecule has 2 aromatic carbocycles. The van der Waals surface area contributed by atoms with E-state index in [4.69, 9.17) is 0 Å². The highest BCUT2D eigenvalue weighted by molar-refractivity contribution is 8.04. The summed E-state index contributed by atoms with van der Waals surface area (Å²) < 4.78 is 0. The van der Waals surface area contributed by atoms with E-state index >= 15 is 0 Å². The van der Waals surface area contributed by atoms with E-state index in [1.165, 1.54) is 36.2 Å². The highest BCUT2D eigenvalue weighted by Crippen LogP contribution is 2.40. The Morgan fingerprint density at radius 2 is 1.78 bits per heavy atom. The second-order valence-electron chi connectivity index (χ2n) is 4.68. The number of carbonyl (C=O) groups excluding carboxylic acids is 2. The molecule has 0 atom stereocenters. The van der Waals surface area contributed by atoms with Gasteiger partial charge < -0.3 is 0 Å². The quantitative estimate of drug-likeness (QED) is 0.372. The number of hydrogen-bond donors (Lipinski definition) is 0. The van der Waals surface area contributed by atoms with Gasteiger partial charge in [-0.05, 0) is 18.2 Å². The minimum Gasteiger partial charge on any atom is -0.288 e. The molecule has 6 nitrogen and oxygen atoms in total. The van der Waals surface area contributed by atoms with E-state index < -0.39 is 4.92 Å². The van der Waals surface area contributed by atoms with Crippen LogP contribution in [0, 0.1) is 10.1 Å². The molecule has 0 fully saturated rings. The maximum Gasteiger partial charge on any atom is 0.293 e. The first-order valence-corrected chi connectivity index (χ1v) is 7.44. The van der Waals surface area contributed by atoms with Crippen LogP contribution in [-0.2, 0) is 4.79 Å². The number of allylic oxidation sites excluding steroid dienone is 1. The van der Waals surface area contributed by atoms with E-state index in [1.807, 2.05) is 12.1 Å². The second kappa shape index (κ2) is 6.05. The average Bonchev–Trinajstić information content (AvgIpc) is 2.89. The minimum absolute atomic E-state index is 0.115. The van der Waals surface area contributed by atoms with Gasteiger partial charge in [-0.15, -0.1) is 0 Å². The molecule has 0 N–H and O–H groups in total. The number of para-hydroxylation sites is 2. The van der Waals surface area contributed by atoms with Crippen LogP contribution in [0.25, 0.3) is 0 Å². The summed E-state index contributed by atoms with van der Waals surface area (Å²) in [6.45, 7) is 0. The largest absolute Gasteiger partial charge is 0.293 e. The Balaban J connectivity index is 2.00. The lowest BCUT2D eigenvalue weighted by Crippen LogP contribution is -2.16. The number of Topliss-reactive ketones (excluding diaryl/α,β-unsaturated/α-hetero) is 1. The minimum atomic E-state index is -0.567. The smallest absolute Gasteiger partial charge is 0.288 e. The van der Waals surface area contributed by atoms with Gasteiger partial charge in [-0.2, -0.15) is 0 Å². The van der Waals surface area contributed by atoms with Gasteiger partial charge in [0, 0.05) is 22.7 Å². The van der Waals surface area contributed by atoms with Crippen LogP contribution in [0.3, 0.4) is 0 Å². The molecule has 2 aromatic rings. The first-order valence-electron chi connectivity index (χ1n) is 6.62. The molecule has 7 heteroatoms. The summed E-state index contributed by atoms with van der Waals surface area (Å²) in [5.74, 6) is -0.198. The molecule has 0 aromatic heterocycles. The van der Waals surface area contributed by atoms with Crippen LogP contribution in [0.2, 0.25) is 0 Å². The lowest BCUT2D eigenvalue weighted by Gasteiger charge is -2.13. The third-order valence-corrected chi connectivity index (χ3v) is 4.39. The summed E-state index contributed by atoms with van der Waals surface area (Å²) >= 11 is 1.24. The van der Waals surface area contributed by atoms with Gasteiger partial charge in [0.1, 0.15) is 5.69 Å². The Bertz CT molecular complexity index is 847. The van der Waals surface area contributed by atoms with E-state index in [0.29, 0.717) is 16.9 Å². The number of nitro groups is 1. The van der Waals surface area contributed by atoms with Gasteiger partial charge in [0.2, 0.25) is 12.2 Å². The van der Waals surface area contributed by atoms with Crippen molar-refractivity contribution >= 4 is 35.3 Å². The van der Waals surface area contributed by atoms with Crippen molar-refractivity contribution in [1.82, 2.24) is 0 Å². The number of carbonyl (C=O) groups is 2. The maximum atomic E-state index is 12.3. The van der Waals surface area contributed by atoms with Crippen LogP contribution in [0.1, 0.15) is 10.4 Å². The number of nitrogens with zero attached hydrogens (tertiary/aromatic N) is 2. The second-order valence-corrected chi connectivity index (χ2v) is 5.76. The van der Waals surface area contributed by atoms with Crippen LogP contribution < -0.4 is 4.90 Å². The van der Waals surface area contributed by atoms with Gasteiger partial charge in [0.15, 0.2) is 0 Å². The Labute approximate surface area is 135 Å². The SMILES string of the molecule is O=CN(/C=C1\Sc2ccccc2C1=O)c1ccccc1[N+](=O)[O-]. The Hall–Kier alpha value is -2.93. The van der Waals surface area contributed by atoms with Crippen molar-refractivity contribution in [3.8, 4) is 0 Å². The number of fused-ring (bicyclic) bond motifs is 1. The molecule has 0 spiro atoms. The van der Waals surface area contributed by atoms with Gasteiger partial charge in [-0.25, -0.2) is 0 Å². The normalized spacial score (nSPS) is 14.6. The van der Waals surface area contributed by atoms with Gasteiger partial charge in [0.25, 0.3) is 5.69 Å². The molecular weight excluding hydrogens is 316 g/mol. The molecule has 0 bridgehead atoms. The van der Waals surface area contributed by atoms with Gasteiger partial charge in [0.05, 0.1) is 9.83 Å². The molecule has 1 aliphatic heterocycles. The third-order valence-electron chi connectivity index (χ3n) is 3.30. The number of thioether (sulfide) groups is 1. The molecule has 0 aliphatic carbocycles. The highest BCUT2D eigenvalue weighted by Gasteiger charge is 2.27. The number of rotatable bonds is 4. The molecule has 114 valence electrons. The van der Waals surface area contributed by atoms with E-state index in [1.54, 1.807) is 18.2 Å². The molecular formula is C16H10N2O4S. The number of amides is 1. The van der Waals surface area contributed by atoms with Crippen LogP contribution in [0.15, 0.2) is 64.5 Å². The van der Waals surface area contributed by atoms with Crippen LogP contribution in [0.4, 0.5) is 11.4 Å². The molecule has 23 heavy (non-hydrogen) atoms. The number of ketones is 1. The van der Waals surface area contributed by atoms with Crippen molar-refractivity contribution < 1.29 is 14.5 Å². The number of anilines is 1. The Kier molecular flexibility index (Phi) is 3.94. The van der Waals surface area contributed by atoms with E-state index in [9.17, 15) is 19.7 Å². The van der Waals surface area contributed by atoms with Crippen molar-refractivity contribution in [3.05, 3.63) is 75.3 Å². The predicted octanol–water partition coefficient (Wildman–Crippen LogP) is 3.39. The molecule has 3 rings (SSSR count). The first-order chi connectivity index (χ1) is 11.1. The summed E-state index contributed by atoms with van der Waals surface area (Å²) in [6.07, 6.45) is 1.79. The van der Waals surface area contributed by atoms with Crippen molar-refractivity contribution in [2.24, 2.45) is 0 Å². The molecule has 1 heterocycles. The van der Waals surface area contributed by atoms with Gasteiger partial charge in [-0.3, -0.25) is 24.6 Å². The monoisotopic (exact) mass is 326 g/mol. The zero-order valence-corrected chi connectivity index (χ0v) is 12.5. The molecule has 0 unspecified atom stereocenters. The van der Waals surface area contributed by atoms with E-state index in [0.717, 1.165) is 9.80 Å². The first kappa shape index (κ1) is 15.0. The maximum absolute atomic E-state index is 12.3. The van der Waals surface area contributed by atoms with Gasteiger partial charge in [-0.1, -0.05) is 36.0 Å². The highest BCUT2D eigenvalue weighted by atomic mass is 32.2. The summed E-state index contributed by atoms with van der Waals surface area (Å²) in [7, 11) is 0. The van der Waals surface area contributed by atoms with Crippen LogP contribution in [-0.4, -0.2) is 17.1 Å². The molecule has 0 saturated carbocycles. The summed E-state index contributed by atoms with van der Waals surface area (Å²) in [5, 5.41) is 11.1. The van der Waals surface area contributed by atoms with Crippen molar-refractivity contribution in [2.45, 2.75) is 4.90 Å².